The standard InChI is InChI=1S/C11H13F3/c1-7-2-3-9(8-4-5-8)6-10(7)11(12,13)14/h3,6-8H,2,4-5H2,1H3. The van der Waals surface area contributed by atoms with Crippen LogP contribution in [0.2, 0.25) is 0 Å². The summed E-state index contributed by atoms with van der Waals surface area (Å²) in [7, 11) is 0. The van der Waals surface area contributed by atoms with Crippen molar-refractivity contribution in [1.29, 1.82) is 0 Å². The Kier molecular flexibility index (Phi) is 2.20. The third-order valence-electron chi connectivity index (χ3n) is 2.94. The zero-order valence-electron chi connectivity index (χ0n) is 8.06. The molecule has 2 rings (SSSR count). The van der Waals surface area contributed by atoms with Gasteiger partial charge in [0.25, 0.3) is 0 Å². The van der Waals surface area contributed by atoms with E-state index in [1.54, 1.807) is 6.92 Å². The van der Waals surface area contributed by atoms with Crippen LogP contribution >= 0.6 is 0 Å². The Morgan fingerprint density at radius 1 is 1.29 bits per heavy atom. The number of alkyl halides is 3. The monoisotopic (exact) mass is 202 g/mol. The molecule has 0 bridgehead atoms. The molecule has 0 aliphatic heterocycles. The van der Waals surface area contributed by atoms with Gasteiger partial charge in [-0.2, -0.15) is 13.2 Å². The lowest BCUT2D eigenvalue weighted by Gasteiger charge is -2.22. The molecule has 78 valence electrons. The lowest BCUT2D eigenvalue weighted by atomic mass is 9.88. The van der Waals surface area contributed by atoms with Gasteiger partial charge in [-0.15, -0.1) is 0 Å². The van der Waals surface area contributed by atoms with E-state index in [9.17, 15) is 13.2 Å². The molecule has 0 aromatic carbocycles. The van der Waals surface area contributed by atoms with Crippen LogP contribution in [0.3, 0.4) is 0 Å². The number of hydrogen-bond donors (Lipinski definition) is 0. The molecule has 0 amide bonds. The highest BCUT2D eigenvalue weighted by Gasteiger charge is 2.39. The number of halogens is 3. The summed E-state index contributed by atoms with van der Waals surface area (Å²) in [5.41, 5.74) is 0.567. The number of hydrogen-bond acceptors (Lipinski definition) is 0. The van der Waals surface area contributed by atoms with E-state index in [1.807, 2.05) is 6.08 Å². The topological polar surface area (TPSA) is 0 Å². The fourth-order valence-corrected chi connectivity index (χ4v) is 1.88. The van der Waals surface area contributed by atoms with Crippen LogP contribution in [-0.2, 0) is 0 Å². The molecule has 0 heterocycles. The molecule has 14 heavy (non-hydrogen) atoms. The molecule has 0 radical (unpaired) electrons. The SMILES string of the molecule is CC1CC=C(C2CC2)C=C1C(F)(F)F. The van der Waals surface area contributed by atoms with Gasteiger partial charge >= 0.3 is 6.18 Å². The Bertz CT molecular complexity index is 292. The maximum Gasteiger partial charge on any atom is 0.412 e. The minimum Gasteiger partial charge on any atom is -0.166 e. The highest BCUT2D eigenvalue weighted by atomic mass is 19.4. The second kappa shape index (κ2) is 3.14. The van der Waals surface area contributed by atoms with Gasteiger partial charge in [0.1, 0.15) is 0 Å². The molecule has 3 heteroatoms. The Hall–Kier alpha value is -0.730. The highest BCUT2D eigenvalue weighted by molar-refractivity contribution is 5.35. The van der Waals surface area contributed by atoms with Gasteiger partial charge in [-0.25, -0.2) is 0 Å². The molecule has 1 fully saturated rings. The summed E-state index contributed by atoms with van der Waals surface area (Å²) < 4.78 is 37.7. The molecule has 0 spiro atoms. The number of rotatable bonds is 1. The summed E-state index contributed by atoms with van der Waals surface area (Å²) in [6.07, 6.45) is 1.85. The predicted molar refractivity (Wildman–Crippen MR) is 48.7 cm³/mol. The van der Waals surface area contributed by atoms with Crippen molar-refractivity contribution in [3.8, 4) is 0 Å². The van der Waals surface area contributed by atoms with Crippen molar-refractivity contribution in [1.82, 2.24) is 0 Å². The molecule has 0 aromatic heterocycles. The van der Waals surface area contributed by atoms with Crippen LogP contribution in [0.5, 0.6) is 0 Å². The smallest absolute Gasteiger partial charge is 0.166 e. The molecule has 1 unspecified atom stereocenters. The van der Waals surface area contributed by atoms with E-state index in [2.05, 4.69) is 0 Å². The maximum atomic E-state index is 12.6. The van der Waals surface area contributed by atoms with Crippen LogP contribution in [0, 0.1) is 11.8 Å². The van der Waals surface area contributed by atoms with Gasteiger partial charge in [-0.05, 0) is 36.7 Å². The fourth-order valence-electron chi connectivity index (χ4n) is 1.88. The third kappa shape index (κ3) is 1.86. The molecule has 2 aliphatic carbocycles. The van der Waals surface area contributed by atoms with Crippen molar-refractivity contribution < 1.29 is 13.2 Å². The molecule has 1 atom stereocenters. The van der Waals surface area contributed by atoms with Gasteiger partial charge in [-0.1, -0.05) is 19.1 Å². The molecular weight excluding hydrogens is 189 g/mol. The zero-order valence-corrected chi connectivity index (χ0v) is 8.06. The van der Waals surface area contributed by atoms with Gasteiger partial charge in [0.2, 0.25) is 0 Å². The van der Waals surface area contributed by atoms with Gasteiger partial charge in [0.15, 0.2) is 0 Å². The van der Waals surface area contributed by atoms with Crippen molar-refractivity contribution in [3.63, 3.8) is 0 Å². The summed E-state index contributed by atoms with van der Waals surface area (Å²) in [6, 6.07) is 0. The van der Waals surface area contributed by atoms with Crippen molar-refractivity contribution >= 4 is 0 Å². The van der Waals surface area contributed by atoms with Crippen LogP contribution in [0.15, 0.2) is 23.3 Å². The second-order valence-electron chi connectivity index (χ2n) is 4.21. The summed E-state index contributed by atoms with van der Waals surface area (Å²) in [5, 5.41) is 0. The van der Waals surface area contributed by atoms with Gasteiger partial charge in [-0.3, -0.25) is 0 Å². The summed E-state index contributed by atoms with van der Waals surface area (Å²) in [6.45, 7) is 1.64. The summed E-state index contributed by atoms with van der Waals surface area (Å²) in [5.74, 6) is 0.0392. The molecule has 0 nitrogen and oxygen atoms in total. The molecule has 0 aromatic rings. The van der Waals surface area contributed by atoms with Crippen molar-refractivity contribution in [2.75, 3.05) is 0 Å². The Morgan fingerprint density at radius 3 is 2.43 bits per heavy atom. The molecule has 0 saturated heterocycles. The van der Waals surface area contributed by atoms with E-state index < -0.39 is 6.18 Å². The van der Waals surface area contributed by atoms with E-state index in [0.29, 0.717) is 12.3 Å². The highest BCUT2D eigenvalue weighted by Crippen LogP contribution is 2.44. The zero-order chi connectivity index (χ0) is 10.3. The quantitative estimate of drug-likeness (QED) is 0.605. The van der Waals surface area contributed by atoms with Gasteiger partial charge in [0, 0.05) is 5.57 Å². The van der Waals surface area contributed by atoms with E-state index in [-0.39, 0.29) is 11.5 Å². The molecule has 1 saturated carbocycles. The maximum absolute atomic E-state index is 12.6. The van der Waals surface area contributed by atoms with E-state index in [0.717, 1.165) is 18.4 Å². The number of allylic oxidation sites excluding steroid dienone is 4. The normalized spacial score (nSPS) is 28.4. The summed E-state index contributed by atoms with van der Waals surface area (Å²) in [4.78, 5) is 0. The Labute approximate surface area is 81.5 Å². The lowest BCUT2D eigenvalue weighted by molar-refractivity contribution is -0.0985. The minimum atomic E-state index is -4.15. The second-order valence-corrected chi connectivity index (χ2v) is 4.21. The predicted octanol–water partition coefficient (Wildman–Crippen LogP) is 3.85. The first-order valence-corrected chi connectivity index (χ1v) is 4.97. The largest absolute Gasteiger partial charge is 0.412 e. The Balaban J connectivity index is 2.23. The molecule has 0 N–H and O–H groups in total. The van der Waals surface area contributed by atoms with Crippen LogP contribution in [0.1, 0.15) is 26.2 Å². The van der Waals surface area contributed by atoms with E-state index in [4.69, 9.17) is 0 Å². The van der Waals surface area contributed by atoms with Crippen LogP contribution in [0.25, 0.3) is 0 Å². The Morgan fingerprint density at radius 2 is 1.93 bits per heavy atom. The first-order valence-electron chi connectivity index (χ1n) is 4.97. The van der Waals surface area contributed by atoms with E-state index in [1.165, 1.54) is 6.08 Å². The molecule has 2 aliphatic rings. The third-order valence-corrected chi connectivity index (χ3v) is 2.94. The van der Waals surface area contributed by atoms with E-state index >= 15 is 0 Å². The van der Waals surface area contributed by atoms with Crippen LogP contribution in [0.4, 0.5) is 13.2 Å². The first kappa shape index (κ1) is 9.81. The minimum absolute atomic E-state index is 0.345. The van der Waals surface area contributed by atoms with Gasteiger partial charge in [0.05, 0.1) is 0 Å². The fraction of sp³-hybridized carbons (Fsp3) is 0.636. The molecular formula is C11H13F3. The van der Waals surface area contributed by atoms with Crippen molar-refractivity contribution in [3.05, 3.63) is 23.3 Å². The van der Waals surface area contributed by atoms with Crippen molar-refractivity contribution in [2.45, 2.75) is 32.4 Å². The summed E-state index contributed by atoms with van der Waals surface area (Å²) >= 11 is 0. The van der Waals surface area contributed by atoms with Crippen LogP contribution in [-0.4, -0.2) is 6.18 Å². The van der Waals surface area contributed by atoms with Gasteiger partial charge < -0.3 is 0 Å². The van der Waals surface area contributed by atoms with Crippen molar-refractivity contribution in [2.24, 2.45) is 11.8 Å². The average molecular weight is 202 g/mol. The first-order chi connectivity index (χ1) is 6.48. The lowest BCUT2D eigenvalue weighted by Crippen LogP contribution is -2.20. The average Bonchev–Trinajstić information content (AvgIpc) is 2.85. The van der Waals surface area contributed by atoms with Crippen LogP contribution < -0.4 is 0 Å².